The maximum Gasteiger partial charge on any atom is 0.407 e. The number of anilines is 2. The summed E-state index contributed by atoms with van der Waals surface area (Å²) in [5.74, 6) is 0.354. The Bertz CT molecular complexity index is 1160. The number of amides is 1. The Balaban J connectivity index is 1.62. The van der Waals surface area contributed by atoms with Crippen molar-refractivity contribution in [1.29, 1.82) is 0 Å². The summed E-state index contributed by atoms with van der Waals surface area (Å²) in [5.41, 5.74) is 3.20. The summed E-state index contributed by atoms with van der Waals surface area (Å²) in [7, 11) is -3.84. The number of carbonyl (C=O) groups is 1. The highest BCUT2D eigenvalue weighted by atomic mass is 32.2. The fourth-order valence-corrected chi connectivity index (χ4v) is 6.51. The van der Waals surface area contributed by atoms with Gasteiger partial charge in [-0.2, -0.15) is 0 Å². The summed E-state index contributed by atoms with van der Waals surface area (Å²) in [6.07, 6.45) is -0.261. The summed E-state index contributed by atoms with van der Waals surface area (Å²) >= 11 is 0. The van der Waals surface area contributed by atoms with E-state index in [1.807, 2.05) is 38.1 Å². The van der Waals surface area contributed by atoms with E-state index in [0.29, 0.717) is 50.4 Å². The second-order valence-corrected chi connectivity index (χ2v) is 11.8. The number of fused-ring (bicyclic) bond motifs is 1. The average Bonchev–Trinajstić information content (AvgIpc) is 2.80. The van der Waals surface area contributed by atoms with E-state index in [2.05, 4.69) is 11.8 Å². The maximum absolute atomic E-state index is 13.8. The highest BCUT2D eigenvalue weighted by Crippen LogP contribution is 2.37. The summed E-state index contributed by atoms with van der Waals surface area (Å²) in [6, 6.07) is 12.6. The van der Waals surface area contributed by atoms with Gasteiger partial charge in [0.05, 0.1) is 16.7 Å². The van der Waals surface area contributed by atoms with Crippen molar-refractivity contribution in [1.82, 2.24) is 4.90 Å². The second kappa shape index (κ2) is 10.1. The van der Waals surface area contributed by atoms with Crippen LogP contribution in [0.3, 0.4) is 0 Å². The quantitative estimate of drug-likeness (QED) is 0.568. The van der Waals surface area contributed by atoms with Crippen molar-refractivity contribution in [3.05, 3.63) is 53.6 Å². The second-order valence-electron chi connectivity index (χ2n) is 9.97. The van der Waals surface area contributed by atoms with Gasteiger partial charge in [-0.15, -0.1) is 0 Å². The Morgan fingerprint density at radius 3 is 2.43 bits per heavy atom. The van der Waals surface area contributed by atoms with Crippen LogP contribution in [0.15, 0.2) is 47.4 Å². The molecule has 1 saturated heterocycles. The van der Waals surface area contributed by atoms with Gasteiger partial charge in [-0.25, -0.2) is 13.2 Å². The summed E-state index contributed by atoms with van der Waals surface area (Å²) in [5, 5.41) is 19.8. The lowest BCUT2D eigenvalue weighted by Crippen LogP contribution is -2.54. The lowest BCUT2D eigenvalue weighted by molar-refractivity contribution is 0.0831. The molecule has 0 aliphatic carbocycles. The number of aliphatic hydroxyl groups excluding tert-OH is 1. The third-order valence-electron chi connectivity index (χ3n) is 6.83. The number of benzene rings is 2. The van der Waals surface area contributed by atoms with E-state index in [4.69, 9.17) is 5.11 Å². The molecule has 2 N–H and O–H groups in total. The van der Waals surface area contributed by atoms with Gasteiger partial charge < -0.3 is 20.0 Å². The van der Waals surface area contributed by atoms with E-state index in [1.54, 1.807) is 18.2 Å². The van der Waals surface area contributed by atoms with E-state index in [1.165, 1.54) is 9.21 Å². The molecule has 0 saturated carbocycles. The topological polar surface area (TPSA) is 101 Å². The number of carboxylic acid groups (broad SMARTS) is 1. The third-order valence-corrected chi connectivity index (χ3v) is 8.62. The minimum absolute atomic E-state index is 0.127. The SMILES string of the molecule is CCc1ccc(N(CC(C)C)S(=O)(=O)c2ccc3c(c2)C(O)CCN3CC2CN(C(=O)O)C2)cc1. The zero-order valence-electron chi connectivity index (χ0n) is 20.6. The molecule has 9 heteroatoms. The van der Waals surface area contributed by atoms with Crippen LogP contribution in [0.1, 0.15) is 44.4 Å². The molecular weight excluding hydrogens is 466 g/mol. The first-order chi connectivity index (χ1) is 16.6. The Labute approximate surface area is 207 Å². The summed E-state index contributed by atoms with van der Waals surface area (Å²) < 4.78 is 29.1. The lowest BCUT2D eigenvalue weighted by Gasteiger charge is -2.42. The molecule has 0 radical (unpaired) electrons. The van der Waals surface area contributed by atoms with Gasteiger partial charge in [-0.05, 0) is 54.7 Å². The fraction of sp³-hybridized carbons (Fsp3) is 0.500. The number of aliphatic hydroxyl groups is 1. The molecule has 2 aliphatic rings. The molecule has 1 fully saturated rings. The third kappa shape index (κ3) is 5.26. The molecule has 4 rings (SSSR count). The lowest BCUT2D eigenvalue weighted by atomic mass is 9.95. The molecule has 0 spiro atoms. The van der Waals surface area contributed by atoms with Crippen LogP contribution in [0.25, 0.3) is 0 Å². The monoisotopic (exact) mass is 501 g/mol. The number of aryl methyl sites for hydroxylation is 1. The first kappa shape index (κ1) is 25.3. The molecule has 2 aromatic carbocycles. The first-order valence-electron chi connectivity index (χ1n) is 12.3. The Kier molecular flexibility index (Phi) is 7.28. The number of nitrogens with zero attached hydrogens (tertiary/aromatic N) is 3. The van der Waals surface area contributed by atoms with E-state index in [0.717, 1.165) is 17.7 Å². The van der Waals surface area contributed by atoms with Crippen molar-refractivity contribution in [2.75, 3.05) is 41.9 Å². The Hall–Kier alpha value is -2.78. The Morgan fingerprint density at radius 2 is 1.83 bits per heavy atom. The molecule has 8 nitrogen and oxygen atoms in total. The predicted octanol–water partition coefficient (Wildman–Crippen LogP) is 3.95. The van der Waals surface area contributed by atoms with Gasteiger partial charge in [-0.3, -0.25) is 4.31 Å². The van der Waals surface area contributed by atoms with Gasteiger partial charge in [0.15, 0.2) is 0 Å². The molecule has 2 heterocycles. The van der Waals surface area contributed by atoms with Crippen LogP contribution in [0.4, 0.5) is 16.2 Å². The number of likely N-dealkylation sites (tertiary alicyclic amines) is 1. The normalized spacial score (nSPS) is 18.4. The van der Waals surface area contributed by atoms with Crippen molar-refractivity contribution < 1.29 is 23.4 Å². The van der Waals surface area contributed by atoms with Crippen molar-refractivity contribution in [3.8, 4) is 0 Å². The largest absolute Gasteiger partial charge is 0.465 e. The molecule has 1 unspecified atom stereocenters. The fourth-order valence-electron chi connectivity index (χ4n) is 4.84. The number of hydrogen-bond donors (Lipinski definition) is 2. The molecule has 0 aromatic heterocycles. The van der Waals surface area contributed by atoms with Gasteiger partial charge in [0.2, 0.25) is 0 Å². The molecule has 190 valence electrons. The minimum atomic E-state index is -3.84. The highest BCUT2D eigenvalue weighted by molar-refractivity contribution is 7.92. The minimum Gasteiger partial charge on any atom is -0.465 e. The van der Waals surface area contributed by atoms with Crippen LogP contribution in [0, 0.1) is 11.8 Å². The number of hydrogen-bond acceptors (Lipinski definition) is 5. The average molecular weight is 502 g/mol. The van der Waals surface area contributed by atoms with Gasteiger partial charge in [-0.1, -0.05) is 32.9 Å². The molecule has 1 atom stereocenters. The van der Waals surface area contributed by atoms with Crippen LogP contribution in [0.5, 0.6) is 0 Å². The smallest absolute Gasteiger partial charge is 0.407 e. The van der Waals surface area contributed by atoms with Crippen molar-refractivity contribution >= 4 is 27.5 Å². The standard InChI is InChI=1S/C26H35N3O5S/c1-4-19-5-7-21(8-6-19)29(14-18(2)3)35(33,34)22-9-10-24-23(13-22)25(30)11-12-27(24)15-20-16-28(17-20)26(31)32/h5-10,13,18,20,25,30H,4,11-12,14-17H2,1-3H3,(H,31,32). The van der Waals surface area contributed by atoms with Gasteiger partial charge in [0.25, 0.3) is 10.0 Å². The van der Waals surface area contributed by atoms with Crippen LogP contribution in [0.2, 0.25) is 0 Å². The van der Waals surface area contributed by atoms with Crippen molar-refractivity contribution in [2.45, 2.75) is 44.6 Å². The van der Waals surface area contributed by atoms with Crippen LogP contribution < -0.4 is 9.21 Å². The Morgan fingerprint density at radius 1 is 1.14 bits per heavy atom. The van der Waals surface area contributed by atoms with E-state index >= 15 is 0 Å². The van der Waals surface area contributed by atoms with Crippen LogP contribution in [-0.2, 0) is 16.4 Å². The van der Waals surface area contributed by atoms with Gasteiger partial charge >= 0.3 is 6.09 Å². The number of rotatable bonds is 8. The van der Waals surface area contributed by atoms with E-state index in [-0.39, 0.29) is 16.7 Å². The predicted molar refractivity (Wildman–Crippen MR) is 137 cm³/mol. The highest BCUT2D eigenvalue weighted by Gasteiger charge is 2.35. The zero-order valence-corrected chi connectivity index (χ0v) is 21.4. The molecule has 0 bridgehead atoms. The first-order valence-corrected chi connectivity index (χ1v) is 13.7. The van der Waals surface area contributed by atoms with Gasteiger partial charge in [0, 0.05) is 49.9 Å². The summed E-state index contributed by atoms with van der Waals surface area (Å²) in [6.45, 7) is 8.71. The van der Waals surface area contributed by atoms with E-state index in [9.17, 15) is 18.3 Å². The molecular formula is C26H35N3O5S. The molecule has 2 aromatic rings. The van der Waals surface area contributed by atoms with Crippen LogP contribution in [-0.4, -0.2) is 62.3 Å². The van der Waals surface area contributed by atoms with E-state index < -0.39 is 22.2 Å². The summed E-state index contributed by atoms with van der Waals surface area (Å²) in [4.78, 5) is 14.8. The molecule has 2 aliphatic heterocycles. The van der Waals surface area contributed by atoms with Crippen molar-refractivity contribution in [3.63, 3.8) is 0 Å². The number of sulfonamides is 1. The van der Waals surface area contributed by atoms with Gasteiger partial charge in [0.1, 0.15) is 0 Å². The van der Waals surface area contributed by atoms with Crippen LogP contribution >= 0.6 is 0 Å². The maximum atomic E-state index is 13.8. The van der Waals surface area contributed by atoms with Crippen molar-refractivity contribution in [2.24, 2.45) is 11.8 Å². The molecule has 1 amide bonds. The zero-order chi connectivity index (χ0) is 25.3. The molecule has 35 heavy (non-hydrogen) atoms.